The number of ether oxygens (including phenoxy) is 8. The number of carbonyl (C=O) groups is 2. The maximum absolute atomic E-state index is 13.3. The van der Waals surface area contributed by atoms with Gasteiger partial charge in [0.1, 0.15) is 48.8 Å². The molecular weight excluding hydrogens is 824 g/mol. The van der Waals surface area contributed by atoms with Gasteiger partial charge in [0.2, 0.25) is 12.6 Å². The second kappa shape index (κ2) is 20.6. The largest absolute Gasteiger partial charge is 0.471 e. The van der Waals surface area contributed by atoms with Gasteiger partial charge in [-0.1, -0.05) is 33.3 Å². The molecule has 2 saturated heterocycles. The Hall–Kier alpha value is -2.80. The van der Waals surface area contributed by atoms with Gasteiger partial charge in [0.25, 0.3) is 0 Å². The summed E-state index contributed by atoms with van der Waals surface area (Å²) in [5.41, 5.74) is -0.567. The van der Waals surface area contributed by atoms with Crippen molar-refractivity contribution in [1.82, 2.24) is 0 Å². The molecule has 20 heteroatoms. The third-order valence-electron chi connectivity index (χ3n) is 13.4. The van der Waals surface area contributed by atoms with Gasteiger partial charge in [0.05, 0.1) is 73.6 Å². The van der Waals surface area contributed by atoms with Crippen molar-refractivity contribution < 1.29 is 98.5 Å². The van der Waals surface area contributed by atoms with Crippen LogP contribution in [0.3, 0.4) is 0 Å². The van der Waals surface area contributed by atoms with E-state index in [-0.39, 0.29) is 42.6 Å². The van der Waals surface area contributed by atoms with Crippen molar-refractivity contribution in [2.45, 2.75) is 151 Å². The Kier molecular flexibility index (Phi) is 16.1. The summed E-state index contributed by atoms with van der Waals surface area (Å²) >= 11 is 0. The first-order valence-electron chi connectivity index (χ1n) is 21.4. The van der Waals surface area contributed by atoms with Crippen molar-refractivity contribution in [3.63, 3.8) is 0 Å². The van der Waals surface area contributed by atoms with Crippen LogP contribution < -0.4 is 0 Å². The average molecular weight is 889 g/mol. The van der Waals surface area contributed by atoms with Crippen molar-refractivity contribution >= 4 is 11.9 Å². The molecule has 2 aliphatic carbocycles. The summed E-state index contributed by atoms with van der Waals surface area (Å²) in [4.78, 5) is 26.6. The van der Waals surface area contributed by atoms with Gasteiger partial charge >= 0.3 is 11.9 Å². The second-order valence-corrected chi connectivity index (χ2v) is 18.0. The van der Waals surface area contributed by atoms with Gasteiger partial charge in [-0.2, -0.15) is 0 Å². The first kappa shape index (κ1) is 48.7. The van der Waals surface area contributed by atoms with Crippen LogP contribution in [0.5, 0.6) is 0 Å². The molecule has 0 bridgehead atoms. The highest BCUT2D eigenvalue weighted by atomic mass is 16.8. The Balaban J connectivity index is 0.922. The Labute approximate surface area is 359 Å². The van der Waals surface area contributed by atoms with E-state index in [2.05, 4.69) is 6.58 Å². The fourth-order valence-electron chi connectivity index (χ4n) is 9.42. The molecule has 4 heterocycles. The van der Waals surface area contributed by atoms with Gasteiger partial charge in [-0.15, -0.1) is 0 Å². The van der Waals surface area contributed by atoms with E-state index >= 15 is 0 Å². The topological polar surface area (TPSA) is 310 Å². The summed E-state index contributed by atoms with van der Waals surface area (Å²) in [6, 6.07) is 0. The van der Waals surface area contributed by atoms with Crippen LogP contribution in [-0.4, -0.2) is 175 Å². The molecule has 352 valence electrons. The highest BCUT2D eigenvalue weighted by molar-refractivity contribution is 5.89. The zero-order valence-corrected chi connectivity index (χ0v) is 35.2. The van der Waals surface area contributed by atoms with E-state index in [1.54, 1.807) is 6.92 Å². The number of fused-ring (bicyclic) bond motifs is 2. The number of aliphatic hydroxyl groups excluding tert-OH is 9. The lowest BCUT2D eigenvalue weighted by molar-refractivity contribution is -0.346. The van der Waals surface area contributed by atoms with Gasteiger partial charge in [0, 0.05) is 11.8 Å². The minimum Gasteiger partial charge on any atom is -0.471 e. The highest BCUT2D eigenvalue weighted by Crippen LogP contribution is 2.50. The first-order valence-corrected chi connectivity index (χ1v) is 21.4. The van der Waals surface area contributed by atoms with E-state index in [1.807, 2.05) is 13.8 Å². The van der Waals surface area contributed by atoms with Gasteiger partial charge < -0.3 is 89.0 Å². The third-order valence-corrected chi connectivity index (χ3v) is 13.4. The third kappa shape index (κ3) is 10.3. The lowest BCUT2D eigenvalue weighted by Crippen LogP contribution is -2.60. The van der Waals surface area contributed by atoms with Gasteiger partial charge in [-0.25, -0.2) is 9.59 Å². The normalized spacial score (nSPS) is 42.7. The Morgan fingerprint density at radius 1 is 0.742 bits per heavy atom. The summed E-state index contributed by atoms with van der Waals surface area (Å²) in [6.07, 6.45) is -12.3. The van der Waals surface area contributed by atoms with Gasteiger partial charge in [0.15, 0.2) is 12.6 Å². The van der Waals surface area contributed by atoms with Crippen LogP contribution in [0, 0.1) is 35.5 Å². The molecule has 0 aromatic rings. The summed E-state index contributed by atoms with van der Waals surface area (Å²) in [5.74, 6) is -3.61. The SMILES string of the molecule is C=C1C(O)CC2C(C(=O)OCCC(C)CCCC(C)COC(=O)C3=COC(OC4OC(CO)C(O)C(O)C4O)C4C3CCC4(C)O)=COC(OC3OC(CO)C(O)C(O)C3O)C12. The van der Waals surface area contributed by atoms with Crippen LogP contribution in [0.1, 0.15) is 65.7 Å². The molecule has 62 heavy (non-hydrogen) atoms. The lowest BCUT2D eigenvalue weighted by Gasteiger charge is -2.44. The summed E-state index contributed by atoms with van der Waals surface area (Å²) in [7, 11) is 0. The molecule has 6 aliphatic rings. The minimum atomic E-state index is -1.68. The van der Waals surface area contributed by atoms with Crippen molar-refractivity contribution in [3.05, 3.63) is 35.8 Å². The number of rotatable bonds is 17. The molecule has 0 aromatic heterocycles. The molecule has 10 N–H and O–H groups in total. The molecule has 0 aromatic carbocycles. The maximum atomic E-state index is 13.3. The molecule has 2 saturated carbocycles. The van der Waals surface area contributed by atoms with E-state index in [4.69, 9.17) is 37.9 Å². The van der Waals surface area contributed by atoms with Crippen LogP contribution in [0.15, 0.2) is 35.8 Å². The number of aliphatic hydroxyl groups is 10. The average Bonchev–Trinajstić information content (AvgIpc) is 3.73. The number of hydrogen-bond acceptors (Lipinski definition) is 20. The summed E-state index contributed by atoms with van der Waals surface area (Å²) in [6.45, 7) is 8.50. The van der Waals surface area contributed by atoms with E-state index < -0.39 is 135 Å². The van der Waals surface area contributed by atoms with Crippen molar-refractivity contribution in [2.75, 3.05) is 26.4 Å². The monoisotopic (exact) mass is 888 g/mol. The fraction of sp³-hybridized carbons (Fsp3) is 0.810. The number of carbonyl (C=O) groups excluding carboxylic acids is 2. The van der Waals surface area contributed by atoms with E-state index in [1.165, 1.54) is 12.5 Å². The van der Waals surface area contributed by atoms with Gasteiger partial charge in [-0.05, 0) is 56.4 Å². The molecule has 4 fully saturated rings. The van der Waals surface area contributed by atoms with E-state index in [0.717, 1.165) is 19.3 Å². The first-order chi connectivity index (χ1) is 29.4. The van der Waals surface area contributed by atoms with Crippen LogP contribution in [0.2, 0.25) is 0 Å². The Bertz CT molecular complexity index is 1620. The molecule has 20 atom stereocenters. The van der Waals surface area contributed by atoms with E-state index in [9.17, 15) is 60.7 Å². The van der Waals surface area contributed by atoms with Crippen molar-refractivity contribution in [1.29, 1.82) is 0 Å². The van der Waals surface area contributed by atoms with E-state index in [0.29, 0.717) is 24.8 Å². The van der Waals surface area contributed by atoms with Crippen molar-refractivity contribution in [2.24, 2.45) is 35.5 Å². The zero-order valence-electron chi connectivity index (χ0n) is 35.2. The predicted octanol–water partition coefficient (Wildman–Crippen LogP) is -1.65. The summed E-state index contributed by atoms with van der Waals surface area (Å²) in [5, 5.41) is 102. The standard InChI is InChI=1S/C42H64O20/c1-18(9-11-55-36(52)24-17-57-38(28-20(3)25(45)12-22(24)28)61-40-34(50)32(48)30(46)26(13-43)59-40)6-5-7-19(2)15-56-37(53)23-16-58-39(29-21(23)8-10-42(29,4)54)62-41-35(51)33(49)31(47)27(14-44)60-41/h16-19,21-22,25-35,38-41,43-51,54H,3,5-15H2,1-2,4H3. The van der Waals surface area contributed by atoms with Crippen LogP contribution in [0.25, 0.3) is 0 Å². The smallest absolute Gasteiger partial charge is 0.337 e. The van der Waals surface area contributed by atoms with Crippen molar-refractivity contribution in [3.8, 4) is 0 Å². The molecular formula is C42H64O20. The van der Waals surface area contributed by atoms with Crippen LogP contribution >= 0.6 is 0 Å². The molecule has 6 rings (SSSR count). The fourth-order valence-corrected chi connectivity index (χ4v) is 9.42. The van der Waals surface area contributed by atoms with Gasteiger partial charge in [-0.3, -0.25) is 0 Å². The molecule has 0 spiro atoms. The second-order valence-electron chi connectivity index (χ2n) is 18.0. The molecule has 20 unspecified atom stereocenters. The molecule has 4 aliphatic heterocycles. The highest BCUT2D eigenvalue weighted by Gasteiger charge is 2.57. The zero-order chi connectivity index (χ0) is 45.2. The Morgan fingerprint density at radius 2 is 1.27 bits per heavy atom. The molecule has 0 radical (unpaired) electrons. The maximum Gasteiger partial charge on any atom is 0.337 e. The minimum absolute atomic E-state index is 0.00930. The molecule has 20 nitrogen and oxygen atoms in total. The number of esters is 2. The summed E-state index contributed by atoms with van der Waals surface area (Å²) < 4.78 is 45.4. The molecule has 0 amide bonds. The van der Waals surface area contributed by atoms with Crippen LogP contribution in [0.4, 0.5) is 0 Å². The lowest BCUT2D eigenvalue weighted by atomic mass is 9.81. The predicted molar refractivity (Wildman–Crippen MR) is 208 cm³/mol. The van der Waals surface area contributed by atoms with Crippen LogP contribution in [-0.2, 0) is 47.5 Å². The Morgan fingerprint density at radius 3 is 1.87 bits per heavy atom. The number of hydrogen-bond donors (Lipinski definition) is 10. The quantitative estimate of drug-likeness (QED) is 0.0578.